The summed E-state index contributed by atoms with van der Waals surface area (Å²) >= 11 is 0. The van der Waals surface area contributed by atoms with Gasteiger partial charge in [-0.05, 0) is 45.6 Å². The second-order valence-corrected chi connectivity index (χ2v) is 7.45. The van der Waals surface area contributed by atoms with E-state index in [9.17, 15) is 0 Å². The van der Waals surface area contributed by atoms with Crippen molar-refractivity contribution < 1.29 is 4.74 Å². The molecule has 1 aliphatic heterocycles. The van der Waals surface area contributed by atoms with E-state index in [1.807, 2.05) is 6.08 Å². The van der Waals surface area contributed by atoms with Crippen molar-refractivity contribution >= 4 is 5.90 Å². The van der Waals surface area contributed by atoms with Crippen LogP contribution >= 0.6 is 0 Å². The van der Waals surface area contributed by atoms with Crippen LogP contribution in [-0.2, 0) is 4.74 Å². The summed E-state index contributed by atoms with van der Waals surface area (Å²) in [5, 5.41) is 0. The third-order valence-corrected chi connectivity index (χ3v) is 4.24. The van der Waals surface area contributed by atoms with Crippen LogP contribution in [0.4, 0.5) is 0 Å². The number of hydrogen-bond donors (Lipinski definition) is 0. The predicted octanol–water partition coefficient (Wildman–Crippen LogP) is 6.45. The summed E-state index contributed by atoms with van der Waals surface area (Å²) in [6, 6.07) is 0. The molecular weight excluding hydrogens is 294 g/mol. The Balaban J connectivity index is 1.87. The van der Waals surface area contributed by atoms with Gasteiger partial charge in [-0.1, -0.05) is 63.4 Å². The molecule has 1 heterocycles. The van der Waals surface area contributed by atoms with E-state index in [1.165, 1.54) is 64.2 Å². The summed E-state index contributed by atoms with van der Waals surface area (Å²) in [4.78, 5) is 4.59. The number of allylic oxidation sites excluding steroid dienone is 2. The monoisotopic (exact) mass is 331 g/mol. The Labute approximate surface area is 150 Å². The number of aliphatic imine (C=N–C) groups is 1. The van der Waals surface area contributed by atoms with E-state index < -0.39 is 0 Å². The molecule has 136 valence electrons. The second-order valence-electron chi connectivity index (χ2n) is 7.45. The normalized spacial score (nSPS) is 15.9. The first-order valence-corrected chi connectivity index (χ1v) is 9.99. The standard InChI is InChI=1S/C22H37NO/c1-4-5-6-7-8-9-10-11-12-13-14-15-16-17-18-19-21-23-22(2,3)20-24-21/h9-10H,4-8,13-20H2,1-3H3/b10-9+. The van der Waals surface area contributed by atoms with Gasteiger partial charge in [-0.15, -0.1) is 0 Å². The molecule has 2 nitrogen and oxygen atoms in total. The quantitative estimate of drug-likeness (QED) is 0.297. The molecule has 0 fully saturated rings. The zero-order chi connectivity index (χ0) is 17.5. The van der Waals surface area contributed by atoms with E-state index in [-0.39, 0.29) is 5.54 Å². The molecule has 0 spiro atoms. The van der Waals surface area contributed by atoms with Crippen LogP contribution in [0.3, 0.4) is 0 Å². The number of nitrogens with zero attached hydrogens (tertiary/aromatic N) is 1. The maximum Gasteiger partial charge on any atom is 0.183 e. The summed E-state index contributed by atoms with van der Waals surface area (Å²) in [6.45, 7) is 7.25. The van der Waals surface area contributed by atoms with Gasteiger partial charge in [0.15, 0.2) is 5.90 Å². The SMILES string of the molecule is CCCCCC/C=C/C#CCCCCCCCC1=NC(C)(C)CO1. The number of ether oxygens (including phenoxy) is 1. The second kappa shape index (κ2) is 13.1. The van der Waals surface area contributed by atoms with Gasteiger partial charge in [-0.3, -0.25) is 0 Å². The minimum Gasteiger partial charge on any atom is -0.478 e. The summed E-state index contributed by atoms with van der Waals surface area (Å²) in [5.41, 5.74) is -0.00203. The smallest absolute Gasteiger partial charge is 0.183 e. The fourth-order valence-corrected chi connectivity index (χ4v) is 2.77. The highest BCUT2D eigenvalue weighted by molar-refractivity contribution is 5.78. The van der Waals surface area contributed by atoms with E-state index in [1.54, 1.807) is 0 Å². The Morgan fingerprint density at radius 1 is 1.04 bits per heavy atom. The van der Waals surface area contributed by atoms with Crippen LogP contribution in [0, 0.1) is 11.8 Å². The van der Waals surface area contributed by atoms with Gasteiger partial charge in [0.2, 0.25) is 0 Å². The van der Waals surface area contributed by atoms with Crippen molar-refractivity contribution in [2.24, 2.45) is 4.99 Å². The van der Waals surface area contributed by atoms with Crippen LogP contribution in [0.1, 0.15) is 97.8 Å². The Hall–Kier alpha value is -1.23. The molecule has 0 aliphatic carbocycles. The van der Waals surface area contributed by atoms with Crippen molar-refractivity contribution in [3.63, 3.8) is 0 Å². The molecule has 0 saturated carbocycles. The van der Waals surface area contributed by atoms with Crippen molar-refractivity contribution in [2.45, 2.75) is 103 Å². The van der Waals surface area contributed by atoms with Gasteiger partial charge in [0.25, 0.3) is 0 Å². The van der Waals surface area contributed by atoms with Crippen molar-refractivity contribution in [3.8, 4) is 11.8 Å². The number of hydrogen-bond acceptors (Lipinski definition) is 2. The lowest BCUT2D eigenvalue weighted by Gasteiger charge is -2.07. The zero-order valence-electron chi connectivity index (χ0n) is 16.2. The van der Waals surface area contributed by atoms with Crippen molar-refractivity contribution in [2.75, 3.05) is 6.61 Å². The molecule has 0 radical (unpaired) electrons. The largest absolute Gasteiger partial charge is 0.478 e. The lowest BCUT2D eigenvalue weighted by Crippen LogP contribution is -2.17. The highest BCUT2D eigenvalue weighted by Crippen LogP contribution is 2.19. The molecule has 0 atom stereocenters. The third-order valence-electron chi connectivity index (χ3n) is 4.24. The average Bonchev–Trinajstić information content (AvgIpc) is 2.90. The summed E-state index contributed by atoms with van der Waals surface area (Å²) < 4.78 is 5.61. The molecule has 1 rings (SSSR count). The molecule has 0 amide bonds. The van der Waals surface area contributed by atoms with Gasteiger partial charge in [0, 0.05) is 12.8 Å². The van der Waals surface area contributed by atoms with Crippen LogP contribution < -0.4 is 0 Å². The Bertz CT molecular complexity index is 437. The van der Waals surface area contributed by atoms with Crippen LogP contribution in [-0.4, -0.2) is 18.0 Å². The lowest BCUT2D eigenvalue weighted by molar-refractivity contribution is 0.273. The molecule has 0 aromatic rings. The van der Waals surface area contributed by atoms with E-state index in [0.717, 1.165) is 25.3 Å². The number of unbranched alkanes of at least 4 members (excludes halogenated alkanes) is 9. The maximum absolute atomic E-state index is 5.61. The van der Waals surface area contributed by atoms with E-state index in [4.69, 9.17) is 4.74 Å². The maximum atomic E-state index is 5.61. The van der Waals surface area contributed by atoms with Crippen LogP contribution in [0.5, 0.6) is 0 Å². The summed E-state index contributed by atoms with van der Waals surface area (Å²) in [5.74, 6) is 7.38. The topological polar surface area (TPSA) is 21.6 Å². The molecule has 0 saturated heterocycles. The molecule has 1 aliphatic rings. The van der Waals surface area contributed by atoms with Crippen LogP contribution in [0.15, 0.2) is 17.1 Å². The van der Waals surface area contributed by atoms with Gasteiger partial charge < -0.3 is 4.74 Å². The summed E-state index contributed by atoms with van der Waals surface area (Å²) in [7, 11) is 0. The molecule has 0 N–H and O–H groups in total. The van der Waals surface area contributed by atoms with Gasteiger partial charge in [-0.2, -0.15) is 0 Å². The van der Waals surface area contributed by atoms with Gasteiger partial charge in [0.1, 0.15) is 6.61 Å². The van der Waals surface area contributed by atoms with Crippen molar-refractivity contribution in [1.82, 2.24) is 0 Å². The first kappa shape index (κ1) is 20.8. The molecule has 0 aromatic heterocycles. The molecule has 0 bridgehead atoms. The third kappa shape index (κ3) is 11.3. The van der Waals surface area contributed by atoms with Crippen molar-refractivity contribution in [3.05, 3.63) is 12.2 Å². The Kier molecular flexibility index (Phi) is 11.4. The minimum absolute atomic E-state index is 0.00203. The van der Waals surface area contributed by atoms with E-state index in [2.05, 4.69) is 43.7 Å². The highest BCUT2D eigenvalue weighted by atomic mass is 16.5. The fourth-order valence-electron chi connectivity index (χ4n) is 2.77. The fraction of sp³-hybridized carbons (Fsp3) is 0.773. The van der Waals surface area contributed by atoms with Crippen LogP contribution in [0.2, 0.25) is 0 Å². The first-order chi connectivity index (χ1) is 11.6. The van der Waals surface area contributed by atoms with E-state index >= 15 is 0 Å². The highest BCUT2D eigenvalue weighted by Gasteiger charge is 2.25. The van der Waals surface area contributed by atoms with Crippen LogP contribution in [0.25, 0.3) is 0 Å². The number of rotatable bonds is 12. The molecule has 2 heteroatoms. The minimum atomic E-state index is -0.00203. The first-order valence-electron chi connectivity index (χ1n) is 9.99. The van der Waals surface area contributed by atoms with E-state index in [0.29, 0.717) is 0 Å². The average molecular weight is 332 g/mol. The van der Waals surface area contributed by atoms with Gasteiger partial charge in [-0.25, -0.2) is 4.99 Å². The van der Waals surface area contributed by atoms with Crippen molar-refractivity contribution in [1.29, 1.82) is 0 Å². The summed E-state index contributed by atoms with van der Waals surface area (Å²) in [6.07, 6.45) is 19.1. The molecule has 0 aromatic carbocycles. The molecule has 24 heavy (non-hydrogen) atoms. The molecular formula is C22H37NO. The Morgan fingerprint density at radius 2 is 1.79 bits per heavy atom. The van der Waals surface area contributed by atoms with Gasteiger partial charge in [0.05, 0.1) is 5.54 Å². The Morgan fingerprint density at radius 3 is 2.54 bits per heavy atom. The molecule has 0 unspecified atom stereocenters. The lowest BCUT2D eigenvalue weighted by atomic mass is 10.1. The van der Waals surface area contributed by atoms with Gasteiger partial charge >= 0.3 is 0 Å². The predicted molar refractivity (Wildman–Crippen MR) is 105 cm³/mol. The zero-order valence-corrected chi connectivity index (χ0v) is 16.2.